The normalized spacial score (nSPS) is 15.7. The zero-order valence-corrected chi connectivity index (χ0v) is 14.4. The maximum absolute atomic E-state index is 13.2. The van der Waals surface area contributed by atoms with E-state index in [1.165, 1.54) is 0 Å². The number of carbonyl (C=O) groups excluding carboxylic acids is 1. The van der Waals surface area contributed by atoms with Gasteiger partial charge in [0, 0.05) is 10.0 Å². The van der Waals surface area contributed by atoms with Crippen LogP contribution in [0.3, 0.4) is 0 Å². The molecule has 3 aromatic carbocycles. The largest absolute Gasteiger partial charge is 0.359 e. The second-order valence-corrected chi connectivity index (χ2v) is 6.57. The van der Waals surface area contributed by atoms with E-state index >= 15 is 0 Å². The predicted molar refractivity (Wildman–Crippen MR) is 100 cm³/mol. The van der Waals surface area contributed by atoms with Crippen LogP contribution < -0.4 is 10.2 Å². The second-order valence-electron chi connectivity index (χ2n) is 5.66. The van der Waals surface area contributed by atoms with Crippen molar-refractivity contribution in [3.63, 3.8) is 0 Å². The van der Waals surface area contributed by atoms with Crippen molar-refractivity contribution < 1.29 is 4.79 Å². The van der Waals surface area contributed by atoms with Crippen LogP contribution in [0.5, 0.6) is 0 Å². The molecule has 3 nitrogen and oxygen atoms in total. The lowest BCUT2D eigenvalue weighted by molar-refractivity contribution is 0.0981. The summed E-state index contributed by atoms with van der Waals surface area (Å²) in [7, 11) is 0. The van der Waals surface area contributed by atoms with Gasteiger partial charge in [0.25, 0.3) is 5.91 Å². The van der Waals surface area contributed by atoms with Gasteiger partial charge in [-0.25, -0.2) is 0 Å². The molecule has 0 radical (unpaired) electrons. The number of benzene rings is 3. The molecule has 1 atom stereocenters. The minimum Gasteiger partial charge on any atom is -0.359 e. The Bertz CT molecular complexity index is 878. The third-order valence-electron chi connectivity index (χ3n) is 4.14. The van der Waals surface area contributed by atoms with Gasteiger partial charge < -0.3 is 5.32 Å². The maximum Gasteiger partial charge on any atom is 0.260 e. The topological polar surface area (TPSA) is 32.3 Å². The number of hydrogen-bond acceptors (Lipinski definition) is 2. The smallest absolute Gasteiger partial charge is 0.260 e. The Morgan fingerprint density at radius 1 is 0.875 bits per heavy atom. The first-order valence-electron chi connectivity index (χ1n) is 7.74. The van der Waals surface area contributed by atoms with E-state index in [0.29, 0.717) is 5.56 Å². The molecule has 4 heteroatoms. The molecule has 0 saturated carbocycles. The molecule has 0 saturated heterocycles. The molecule has 0 aromatic heterocycles. The van der Waals surface area contributed by atoms with Gasteiger partial charge in [0.2, 0.25) is 0 Å². The van der Waals surface area contributed by atoms with Crippen LogP contribution in [0.15, 0.2) is 83.3 Å². The highest BCUT2D eigenvalue weighted by molar-refractivity contribution is 9.10. The van der Waals surface area contributed by atoms with Gasteiger partial charge in [-0.2, -0.15) is 0 Å². The van der Waals surface area contributed by atoms with Crippen LogP contribution in [0.2, 0.25) is 0 Å². The number of halogens is 1. The Labute approximate surface area is 149 Å². The van der Waals surface area contributed by atoms with Gasteiger partial charge in [0.15, 0.2) is 0 Å². The highest BCUT2D eigenvalue weighted by Crippen LogP contribution is 2.41. The molecule has 118 valence electrons. The molecule has 1 unspecified atom stereocenters. The van der Waals surface area contributed by atoms with Crippen molar-refractivity contribution in [2.24, 2.45) is 0 Å². The van der Waals surface area contributed by atoms with Crippen molar-refractivity contribution in [2.75, 3.05) is 10.2 Å². The molecule has 1 aliphatic heterocycles. The summed E-state index contributed by atoms with van der Waals surface area (Å²) in [5.41, 5.74) is 3.59. The van der Waals surface area contributed by atoms with Gasteiger partial charge in [-0.15, -0.1) is 0 Å². The third kappa shape index (κ3) is 2.59. The number of nitrogens with one attached hydrogen (secondary N) is 1. The molecule has 0 fully saturated rings. The second kappa shape index (κ2) is 6.13. The Balaban J connectivity index is 1.79. The molecule has 0 spiro atoms. The highest BCUT2D eigenvalue weighted by atomic mass is 79.9. The van der Waals surface area contributed by atoms with Crippen molar-refractivity contribution in [2.45, 2.75) is 6.17 Å². The molecule has 0 aliphatic carbocycles. The Morgan fingerprint density at radius 3 is 2.29 bits per heavy atom. The summed E-state index contributed by atoms with van der Waals surface area (Å²) in [6, 6.07) is 25.4. The number of para-hydroxylation sites is 2. The van der Waals surface area contributed by atoms with E-state index in [1.54, 1.807) is 0 Å². The number of nitrogens with zero attached hydrogens (tertiary/aromatic N) is 1. The lowest BCUT2D eigenvalue weighted by Crippen LogP contribution is -2.34. The van der Waals surface area contributed by atoms with Gasteiger partial charge in [-0.05, 0) is 42.0 Å². The van der Waals surface area contributed by atoms with Crippen LogP contribution >= 0.6 is 15.9 Å². The molecular formula is C20H15BrN2O. The van der Waals surface area contributed by atoms with E-state index in [-0.39, 0.29) is 12.1 Å². The average molecular weight is 379 g/mol. The molecule has 1 N–H and O–H groups in total. The highest BCUT2D eigenvalue weighted by Gasteiger charge is 2.34. The van der Waals surface area contributed by atoms with Crippen molar-refractivity contribution in [1.29, 1.82) is 0 Å². The van der Waals surface area contributed by atoms with Crippen LogP contribution in [0.25, 0.3) is 0 Å². The number of anilines is 2. The number of carbonyl (C=O) groups is 1. The molecule has 3 aromatic rings. The van der Waals surface area contributed by atoms with Crippen molar-refractivity contribution in [3.05, 3.63) is 94.5 Å². The first kappa shape index (κ1) is 15.0. The average Bonchev–Trinajstić information content (AvgIpc) is 3.02. The van der Waals surface area contributed by atoms with Crippen LogP contribution in [-0.4, -0.2) is 5.91 Å². The summed E-state index contributed by atoms with van der Waals surface area (Å²) in [5, 5.41) is 3.46. The van der Waals surface area contributed by atoms with E-state index in [1.807, 2.05) is 83.8 Å². The van der Waals surface area contributed by atoms with Gasteiger partial charge in [-0.3, -0.25) is 9.69 Å². The van der Waals surface area contributed by atoms with Gasteiger partial charge in [-0.1, -0.05) is 58.4 Å². The Kier molecular flexibility index (Phi) is 3.82. The zero-order valence-electron chi connectivity index (χ0n) is 12.8. The summed E-state index contributed by atoms with van der Waals surface area (Å²) in [6.07, 6.45) is -0.209. The summed E-state index contributed by atoms with van der Waals surface area (Å²) < 4.78 is 0.957. The predicted octanol–water partition coefficient (Wildman–Crippen LogP) is 5.22. The van der Waals surface area contributed by atoms with E-state index in [0.717, 1.165) is 21.4 Å². The summed E-state index contributed by atoms with van der Waals surface area (Å²) in [6.45, 7) is 0. The van der Waals surface area contributed by atoms with Crippen molar-refractivity contribution in [3.8, 4) is 0 Å². The van der Waals surface area contributed by atoms with Crippen molar-refractivity contribution in [1.82, 2.24) is 0 Å². The Morgan fingerprint density at radius 2 is 1.54 bits per heavy atom. The fraction of sp³-hybridized carbons (Fsp3) is 0.0500. The fourth-order valence-electron chi connectivity index (χ4n) is 2.98. The lowest BCUT2D eigenvalue weighted by Gasteiger charge is -2.25. The van der Waals surface area contributed by atoms with E-state index < -0.39 is 0 Å². The van der Waals surface area contributed by atoms with Gasteiger partial charge >= 0.3 is 0 Å². The quantitative estimate of drug-likeness (QED) is 0.662. The van der Waals surface area contributed by atoms with E-state index in [9.17, 15) is 4.79 Å². The molecule has 1 amide bonds. The molecule has 1 aliphatic rings. The SMILES string of the molecule is O=C(c1ccc(Br)cc1)N1c2ccccc2NC1c1ccccc1. The monoisotopic (exact) mass is 378 g/mol. The summed E-state index contributed by atoms with van der Waals surface area (Å²) >= 11 is 3.42. The molecule has 24 heavy (non-hydrogen) atoms. The number of rotatable bonds is 2. The third-order valence-corrected chi connectivity index (χ3v) is 4.67. The summed E-state index contributed by atoms with van der Waals surface area (Å²) in [4.78, 5) is 15.0. The minimum atomic E-state index is -0.209. The first-order valence-corrected chi connectivity index (χ1v) is 8.53. The minimum absolute atomic E-state index is 0.0196. The molecular weight excluding hydrogens is 364 g/mol. The number of amides is 1. The van der Waals surface area contributed by atoms with E-state index in [2.05, 4.69) is 21.2 Å². The summed E-state index contributed by atoms with van der Waals surface area (Å²) in [5.74, 6) is -0.0196. The van der Waals surface area contributed by atoms with Crippen LogP contribution in [0, 0.1) is 0 Å². The Hall–Kier alpha value is -2.59. The van der Waals surface area contributed by atoms with Gasteiger partial charge in [0.1, 0.15) is 6.17 Å². The molecule has 0 bridgehead atoms. The zero-order chi connectivity index (χ0) is 16.5. The fourth-order valence-corrected chi connectivity index (χ4v) is 3.25. The first-order chi connectivity index (χ1) is 11.7. The van der Waals surface area contributed by atoms with Gasteiger partial charge in [0.05, 0.1) is 11.4 Å². The standard InChI is InChI=1S/C20H15BrN2O/c21-16-12-10-15(11-13-16)20(24)23-18-9-5-4-8-17(18)22-19(23)14-6-2-1-3-7-14/h1-13,19,22H. The lowest BCUT2D eigenvalue weighted by atomic mass is 10.1. The maximum atomic E-state index is 13.2. The molecule has 1 heterocycles. The van der Waals surface area contributed by atoms with Crippen LogP contribution in [0.4, 0.5) is 11.4 Å². The number of fused-ring (bicyclic) bond motifs is 1. The van der Waals surface area contributed by atoms with Crippen LogP contribution in [0.1, 0.15) is 22.1 Å². The number of hydrogen-bond donors (Lipinski definition) is 1. The van der Waals surface area contributed by atoms with Crippen LogP contribution in [-0.2, 0) is 0 Å². The van der Waals surface area contributed by atoms with Crippen molar-refractivity contribution >= 4 is 33.2 Å². The van der Waals surface area contributed by atoms with E-state index in [4.69, 9.17) is 0 Å². The molecule has 4 rings (SSSR count).